The Hall–Kier alpha value is -1.12. The van der Waals surface area contributed by atoms with Crippen LogP contribution in [-0.2, 0) is 5.41 Å². The van der Waals surface area contributed by atoms with Gasteiger partial charge in [0.05, 0.1) is 7.11 Å². The molecule has 0 aliphatic heterocycles. The Labute approximate surface area is 82.7 Å². The molecule has 0 amide bonds. The Morgan fingerprint density at radius 2 is 1.50 bits per heavy atom. The number of halogens is 2. The highest BCUT2D eigenvalue weighted by Crippen LogP contribution is 2.29. The maximum atomic E-state index is 13.3. The predicted molar refractivity (Wildman–Crippen MR) is 51.6 cm³/mol. The van der Waals surface area contributed by atoms with Gasteiger partial charge in [-0.3, -0.25) is 0 Å². The SMILES string of the molecule is COc1c(F)cc(C(C)(C)C)cc1F. The van der Waals surface area contributed by atoms with E-state index in [2.05, 4.69) is 4.74 Å². The van der Waals surface area contributed by atoms with Crippen LogP contribution in [0.5, 0.6) is 5.75 Å². The normalized spacial score (nSPS) is 11.6. The molecule has 1 rings (SSSR count). The molecule has 0 unspecified atom stereocenters. The summed E-state index contributed by atoms with van der Waals surface area (Å²) in [5, 5.41) is 0. The van der Waals surface area contributed by atoms with E-state index >= 15 is 0 Å². The highest BCUT2D eigenvalue weighted by Gasteiger charge is 2.19. The topological polar surface area (TPSA) is 9.23 Å². The molecule has 0 saturated heterocycles. The zero-order valence-electron chi connectivity index (χ0n) is 8.82. The third-order valence-corrected chi connectivity index (χ3v) is 2.07. The van der Waals surface area contributed by atoms with Crippen LogP contribution in [0.4, 0.5) is 8.78 Å². The van der Waals surface area contributed by atoms with Crippen LogP contribution in [0.15, 0.2) is 12.1 Å². The Morgan fingerprint density at radius 1 is 1.07 bits per heavy atom. The summed E-state index contributed by atoms with van der Waals surface area (Å²) in [6.45, 7) is 5.69. The van der Waals surface area contributed by atoms with Gasteiger partial charge in [0, 0.05) is 0 Å². The Balaban J connectivity index is 3.28. The van der Waals surface area contributed by atoms with Gasteiger partial charge in [-0.2, -0.15) is 0 Å². The van der Waals surface area contributed by atoms with Gasteiger partial charge in [0.15, 0.2) is 17.4 Å². The number of ether oxygens (including phenoxy) is 1. The van der Waals surface area contributed by atoms with Gasteiger partial charge < -0.3 is 4.74 Å². The number of benzene rings is 1. The van der Waals surface area contributed by atoms with Crippen molar-refractivity contribution in [3.63, 3.8) is 0 Å². The molecule has 0 aliphatic carbocycles. The Morgan fingerprint density at radius 3 is 1.79 bits per heavy atom. The predicted octanol–water partition coefficient (Wildman–Crippen LogP) is 3.27. The zero-order valence-corrected chi connectivity index (χ0v) is 8.82. The third-order valence-electron chi connectivity index (χ3n) is 2.07. The molecule has 1 aromatic rings. The largest absolute Gasteiger partial charge is 0.491 e. The molecule has 3 heteroatoms. The first kappa shape index (κ1) is 11.0. The van der Waals surface area contributed by atoms with Crippen molar-refractivity contribution in [1.82, 2.24) is 0 Å². The first-order chi connectivity index (χ1) is 6.36. The van der Waals surface area contributed by atoms with Gasteiger partial charge in [0.2, 0.25) is 0 Å². The molecule has 1 aromatic carbocycles. The minimum absolute atomic E-state index is 0.270. The van der Waals surface area contributed by atoms with Crippen LogP contribution in [0.3, 0.4) is 0 Å². The van der Waals surface area contributed by atoms with Crippen molar-refractivity contribution in [2.24, 2.45) is 0 Å². The summed E-state index contributed by atoms with van der Waals surface area (Å²) < 4.78 is 31.1. The second-order valence-electron chi connectivity index (χ2n) is 4.22. The van der Waals surface area contributed by atoms with Crippen molar-refractivity contribution in [2.75, 3.05) is 7.11 Å². The van der Waals surface area contributed by atoms with Crippen LogP contribution in [0, 0.1) is 11.6 Å². The van der Waals surface area contributed by atoms with Crippen LogP contribution in [0.25, 0.3) is 0 Å². The fourth-order valence-corrected chi connectivity index (χ4v) is 1.19. The van der Waals surface area contributed by atoms with Gasteiger partial charge in [0.25, 0.3) is 0 Å². The number of rotatable bonds is 1. The molecule has 0 N–H and O–H groups in total. The van der Waals surface area contributed by atoms with Crippen LogP contribution in [0.2, 0.25) is 0 Å². The Bertz CT molecular complexity index is 317. The van der Waals surface area contributed by atoms with Crippen LogP contribution in [-0.4, -0.2) is 7.11 Å². The molecular weight excluding hydrogens is 186 g/mol. The molecule has 0 spiro atoms. The summed E-state index contributed by atoms with van der Waals surface area (Å²) in [5.41, 5.74) is 0.349. The molecule has 0 radical (unpaired) electrons. The van der Waals surface area contributed by atoms with E-state index in [9.17, 15) is 8.78 Å². The van der Waals surface area contributed by atoms with Crippen molar-refractivity contribution in [2.45, 2.75) is 26.2 Å². The molecule has 1 nitrogen and oxygen atoms in total. The monoisotopic (exact) mass is 200 g/mol. The molecule has 14 heavy (non-hydrogen) atoms. The number of hydrogen-bond acceptors (Lipinski definition) is 1. The Kier molecular flexibility index (Phi) is 2.79. The highest BCUT2D eigenvalue weighted by molar-refractivity contribution is 5.34. The highest BCUT2D eigenvalue weighted by atomic mass is 19.1. The molecular formula is C11H14F2O. The molecule has 0 bridgehead atoms. The standard InChI is InChI=1S/C11H14F2O/c1-11(2,3)7-5-8(12)10(14-4)9(13)6-7/h5-6H,1-4H3. The first-order valence-electron chi connectivity index (χ1n) is 4.40. The van der Waals surface area contributed by atoms with Gasteiger partial charge >= 0.3 is 0 Å². The van der Waals surface area contributed by atoms with Gasteiger partial charge in [-0.05, 0) is 23.1 Å². The average molecular weight is 200 g/mol. The van der Waals surface area contributed by atoms with Crippen molar-refractivity contribution >= 4 is 0 Å². The van der Waals surface area contributed by atoms with E-state index in [0.717, 1.165) is 0 Å². The lowest BCUT2D eigenvalue weighted by molar-refractivity contribution is 0.358. The van der Waals surface area contributed by atoms with Crippen LogP contribution >= 0.6 is 0 Å². The van der Waals surface area contributed by atoms with E-state index in [-0.39, 0.29) is 11.2 Å². The third kappa shape index (κ3) is 2.03. The summed E-state index contributed by atoms with van der Waals surface area (Å²) in [7, 11) is 1.25. The summed E-state index contributed by atoms with van der Waals surface area (Å²) in [6.07, 6.45) is 0. The molecule has 0 saturated carbocycles. The van der Waals surface area contributed by atoms with Crippen molar-refractivity contribution in [1.29, 1.82) is 0 Å². The molecule has 0 atom stereocenters. The van der Waals surface area contributed by atoms with Gasteiger partial charge in [-0.25, -0.2) is 8.78 Å². The maximum Gasteiger partial charge on any atom is 0.190 e. The van der Waals surface area contributed by atoms with E-state index in [4.69, 9.17) is 0 Å². The number of hydrogen-bond donors (Lipinski definition) is 0. The van der Waals surface area contributed by atoms with Gasteiger partial charge in [-0.1, -0.05) is 20.8 Å². The minimum atomic E-state index is -0.655. The summed E-state index contributed by atoms with van der Waals surface area (Å²) >= 11 is 0. The zero-order chi connectivity index (χ0) is 10.9. The van der Waals surface area contributed by atoms with E-state index in [1.54, 1.807) is 0 Å². The van der Waals surface area contributed by atoms with E-state index in [0.29, 0.717) is 5.56 Å². The fourth-order valence-electron chi connectivity index (χ4n) is 1.19. The van der Waals surface area contributed by atoms with Crippen LogP contribution < -0.4 is 4.74 Å². The molecule has 0 fully saturated rings. The lowest BCUT2D eigenvalue weighted by Gasteiger charge is -2.19. The second-order valence-corrected chi connectivity index (χ2v) is 4.22. The molecule has 0 aromatic heterocycles. The van der Waals surface area contributed by atoms with E-state index < -0.39 is 11.6 Å². The summed E-state index contributed by atoms with van der Waals surface area (Å²) in [6, 6.07) is 2.61. The molecule has 0 aliphatic rings. The molecule has 0 heterocycles. The van der Waals surface area contributed by atoms with Gasteiger partial charge in [-0.15, -0.1) is 0 Å². The second kappa shape index (κ2) is 3.56. The smallest absolute Gasteiger partial charge is 0.190 e. The van der Waals surface area contributed by atoms with Crippen molar-refractivity contribution in [3.8, 4) is 5.75 Å². The average Bonchev–Trinajstić information content (AvgIpc) is 2.01. The molecule has 78 valence electrons. The van der Waals surface area contributed by atoms with E-state index in [1.165, 1.54) is 19.2 Å². The van der Waals surface area contributed by atoms with E-state index in [1.807, 2.05) is 20.8 Å². The first-order valence-corrected chi connectivity index (χ1v) is 4.40. The maximum absolute atomic E-state index is 13.3. The number of methoxy groups -OCH3 is 1. The minimum Gasteiger partial charge on any atom is -0.491 e. The van der Waals surface area contributed by atoms with Crippen LogP contribution in [0.1, 0.15) is 26.3 Å². The lowest BCUT2D eigenvalue weighted by atomic mass is 9.87. The summed E-state index contributed by atoms with van der Waals surface area (Å²) in [4.78, 5) is 0. The fraction of sp³-hybridized carbons (Fsp3) is 0.455. The van der Waals surface area contributed by atoms with Crippen molar-refractivity contribution in [3.05, 3.63) is 29.3 Å². The van der Waals surface area contributed by atoms with Gasteiger partial charge in [0.1, 0.15) is 0 Å². The quantitative estimate of drug-likeness (QED) is 0.676. The van der Waals surface area contributed by atoms with Crippen molar-refractivity contribution < 1.29 is 13.5 Å². The lowest BCUT2D eigenvalue weighted by Crippen LogP contribution is -2.12. The summed E-state index contributed by atoms with van der Waals surface area (Å²) in [5.74, 6) is -1.63.